The summed E-state index contributed by atoms with van der Waals surface area (Å²) in [5, 5.41) is 0.515. The summed E-state index contributed by atoms with van der Waals surface area (Å²) in [5.74, 6) is 0. The number of aliphatic imine (C=N–C) groups is 1. The number of hydrogen-bond donors (Lipinski definition) is 0. The molecule has 6 heteroatoms. The van der Waals surface area contributed by atoms with Gasteiger partial charge in [-0.05, 0) is 23.7 Å². The Morgan fingerprint density at radius 1 is 1.26 bits per heavy atom. The molecule has 0 N–H and O–H groups in total. The van der Waals surface area contributed by atoms with E-state index in [1.54, 1.807) is 6.07 Å². The van der Waals surface area contributed by atoms with Gasteiger partial charge in [0.2, 0.25) is 0 Å². The van der Waals surface area contributed by atoms with Crippen LogP contribution in [0.15, 0.2) is 51.4 Å². The van der Waals surface area contributed by atoms with E-state index < -0.39 is 5.24 Å². The van der Waals surface area contributed by atoms with Crippen molar-refractivity contribution in [3.8, 4) is 0 Å². The summed E-state index contributed by atoms with van der Waals surface area (Å²) in [5.41, 5.74) is 1.71. The lowest BCUT2D eigenvalue weighted by atomic mass is 10.2. The molecular formula is C13H6Cl2N2OS. The number of halogens is 2. The molecule has 94 valence electrons. The van der Waals surface area contributed by atoms with Gasteiger partial charge in [0.25, 0.3) is 5.24 Å². The summed E-state index contributed by atoms with van der Waals surface area (Å²) in [4.78, 5) is 20.7. The van der Waals surface area contributed by atoms with Crippen LogP contribution in [-0.2, 0) is 0 Å². The average molecular weight is 309 g/mol. The Morgan fingerprint density at radius 3 is 2.84 bits per heavy atom. The van der Waals surface area contributed by atoms with Crippen LogP contribution in [0, 0.1) is 0 Å². The molecular weight excluding hydrogens is 303 g/mol. The highest BCUT2D eigenvalue weighted by atomic mass is 35.5. The van der Waals surface area contributed by atoms with E-state index in [2.05, 4.69) is 9.98 Å². The third-order valence-corrected chi connectivity index (χ3v) is 4.18. The van der Waals surface area contributed by atoms with E-state index in [0.717, 1.165) is 10.5 Å². The molecule has 0 amide bonds. The van der Waals surface area contributed by atoms with Gasteiger partial charge in [-0.3, -0.25) is 4.79 Å². The fourth-order valence-electron chi connectivity index (χ4n) is 1.70. The minimum atomic E-state index is -0.562. The predicted molar refractivity (Wildman–Crippen MR) is 77.0 cm³/mol. The minimum Gasteiger partial charge on any atom is -0.276 e. The monoisotopic (exact) mass is 308 g/mol. The van der Waals surface area contributed by atoms with Crippen LogP contribution >= 0.6 is 35.0 Å². The Kier molecular flexibility index (Phi) is 3.31. The summed E-state index contributed by atoms with van der Waals surface area (Å²) < 4.78 is 0. The highest BCUT2D eigenvalue weighted by molar-refractivity contribution is 7.99. The molecule has 1 aliphatic heterocycles. The van der Waals surface area contributed by atoms with Gasteiger partial charge in [-0.1, -0.05) is 41.6 Å². The molecule has 0 bridgehead atoms. The number of benzene rings is 1. The van der Waals surface area contributed by atoms with Crippen molar-refractivity contribution >= 4 is 51.1 Å². The largest absolute Gasteiger partial charge is 0.276 e. The predicted octanol–water partition coefficient (Wildman–Crippen LogP) is 4.24. The number of hydrogen-bond acceptors (Lipinski definition) is 4. The molecule has 1 aliphatic rings. The van der Waals surface area contributed by atoms with Crippen LogP contribution in [0.4, 0.5) is 5.69 Å². The van der Waals surface area contributed by atoms with Crippen molar-refractivity contribution in [2.45, 2.75) is 9.92 Å². The molecule has 0 saturated heterocycles. The lowest BCUT2D eigenvalue weighted by Gasteiger charge is -2.03. The van der Waals surface area contributed by atoms with Crippen LogP contribution in [0.5, 0.6) is 0 Å². The molecule has 0 fully saturated rings. The second kappa shape index (κ2) is 4.96. The van der Waals surface area contributed by atoms with Crippen molar-refractivity contribution in [1.29, 1.82) is 0 Å². The van der Waals surface area contributed by atoms with Crippen molar-refractivity contribution in [3.63, 3.8) is 0 Å². The highest BCUT2D eigenvalue weighted by Gasteiger charge is 2.18. The van der Waals surface area contributed by atoms with Crippen molar-refractivity contribution in [2.24, 2.45) is 4.99 Å². The van der Waals surface area contributed by atoms with Crippen molar-refractivity contribution in [3.05, 3.63) is 47.7 Å². The van der Waals surface area contributed by atoms with Crippen LogP contribution in [-0.4, -0.2) is 15.4 Å². The Balaban J connectivity index is 2.19. The van der Waals surface area contributed by atoms with Gasteiger partial charge >= 0.3 is 0 Å². The first-order valence-electron chi connectivity index (χ1n) is 5.36. The topological polar surface area (TPSA) is 42.3 Å². The van der Waals surface area contributed by atoms with E-state index in [-0.39, 0.29) is 0 Å². The van der Waals surface area contributed by atoms with Gasteiger partial charge in [0.15, 0.2) is 0 Å². The third-order valence-electron chi connectivity index (χ3n) is 2.59. The first-order valence-corrected chi connectivity index (χ1v) is 6.94. The first-order chi connectivity index (χ1) is 9.15. The van der Waals surface area contributed by atoms with Crippen LogP contribution in [0.25, 0.3) is 0 Å². The summed E-state index contributed by atoms with van der Waals surface area (Å²) in [6, 6.07) is 9.27. The highest BCUT2D eigenvalue weighted by Crippen LogP contribution is 2.39. The first kappa shape index (κ1) is 12.7. The molecule has 0 unspecified atom stereocenters. The van der Waals surface area contributed by atoms with E-state index in [1.165, 1.54) is 18.0 Å². The smallest absolute Gasteiger partial charge is 0.254 e. The van der Waals surface area contributed by atoms with Gasteiger partial charge in [-0.2, -0.15) is 0 Å². The Bertz CT molecular complexity index is 716. The molecule has 0 saturated carbocycles. The second-order valence-corrected chi connectivity index (χ2v) is 5.55. The lowest BCUT2D eigenvalue weighted by molar-refractivity contribution is 0.108. The number of carbonyl (C=O) groups excluding carboxylic acids is 1. The van der Waals surface area contributed by atoms with Crippen molar-refractivity contribution < 1.29 is 4.79 Å². The average Bonchev–Trinajstić information content (AvgIpc) is 2.54. The summed E-state index contributed by atoms with van der Waals surface area (Å²) >= 11 is 13.1. The van der Waals surface area contributed by atoms with Gasteiger partial charge in [-0.15, -0.1) is 0 Å². The number of pyridine rings is 1. The number of aromatic nitrogens is 1. The molecule has 2 aromatic rings. The molecule has 0 radical (unpaired) electrons. The van der Waals surface area contributed by atoms with Crippen LogP contribution in [0.2, 0.25) is 0 Å². The number of carbonyl (C=O) groups is 1. The van der Waals surface area contributed by atoms with Crippen LogP contribution < -0.4 is 0 Å². The quantitative estimate of drug-likeness (QED) is 0.740. The summed E-state index contributed by atoms with van der Waals surface area (Å²) in [6.07, 6.45) is 1.44. The minimum absolute atomic E-state index is 0.306. The van der Waals surface area contributed by atoms with E-state index >= 15 is 0 Å². The molecule has 2 heterocycles. The SMILES string of the molecule is O=C(Cl)c1cnc2c(c1)N=C(Cl)c1ccccc1S2. The van der Waals surface area contributed by atoms with Crippen molar-refractivity contribution in [1.82, 2.24) is 4.98 Å². The van der Waals surface area contributed by atoms with E-state index in [4.69, 9.17) is 23.2 Å². The number of nitrogens with zero attached hydrogens (tertiary/aromatic N) is 2. The molecule has 0 spiro atoms. The Morgan fingerprint density at radius 2 is 2.05 bits per heavy atom. The van der Waals surface area contributed by atoms with E-state index in [9.17, 15) is 4.79 Å². The summed E-state index contributed by atoms with van der Waals surface area (Å²) in [6.45, 7) is 0. The maximum atomic E-state index is 11.2. The third kappa shape index (κ3) is 2.39. The second-order valence-electron chi connectivity index (χ2n) is 3.82. The zero-order chi connectivity index (χ0) is 13.4. The molecule has 1 aromatic heterocycles. The van der Waals surface area contributed by atoms with Gasteiger partial charge in [-0.25, -0.2) is 9.98 Å². The van der Waals surface area contributed by atoms with Crippen molar-refractivity contribution in [2.75, 3.05) is 0 Å². The zero-order valence-electron chi connectivity index (χ0n) is 9.43. The van der Waals surface area contributed by atoms with E-state index in [1.807, 2.05) is 24.3 Å². The fraction of sp³-hybridized carbons (Fsp3) is 0. The summed E-state index contributed by atoms with van der Waals surface area (Å²) in [7, 11) is 0. The van der Waals surface area contributed by atoms with Gasteiger partial charge in [0, 0.05) is 16.7 Å². The normalized spacial score (nSPS) is 13.1. The van der Waals surface area contributed by atoms with Crippen LogP contribution in [0.3, 0.4) is 0 Å². The van der Waals surface area contributed by atoms with Gasteiger partial charge < -0.3 is 0 Å². The molecule has 19 heavy (non-hydrogen) atoms. The maximum absolute atomic E-state index is 11.2. The molecule has 0 atom stereocenters. The molecule has 1 aromatic carbocycles. The number of rotatable bonds is 1. The Hall–Kier alpha value is -1.36. The lowest BCUT2D eigenvalue weighted by Crippen LogP contribution is -1.91. The molecule has 3 rings (SSSR count). The molecule has 0 aliphatic carbocycles. The zero-order valence-corrected chi connectivity index (χ0v) is 11.8. The fourth-order valence-corrected chi connectivity index (χ4v) is 3.06. The van der Waals surface area contributed by atoms with Gasteiger partial charge in [0.05, 0.1) is 11.3 Å². The van der Waals surface area contributed by atoms with Crippen LogP contribution in [0.1, 0.15) is 15.9 Å². The Labute approximate surface area is 123 Å². The standard InChI is InChI=1S/C13H6Cl2N2OS/c14-11-8-3-1-2-4-10(8)19-13-9(17-11)5-7(6-16-13)12(15)18/h1-6H. The number of fused-ring (bicyclic) bond motifs is 2. The maximum Gasteiger partial charge on any atom is 0.254 e. The van der Waals surface area contributed by atoms with Gasteiger partial charge in [0.1, 0.15) is 10.2 Å². The molecule has 3 nitrogen and oxygen atoms in total. The van der Waals surface area contributed by atoms with E-state index in [0.29, 0.717) is 21.4 Å².